The SMILES string of the molecule is O=C(NCC1(N2CCOCC2)CCCOC1)c1ccc2[nH]nc(-c3ccc(CC4CC5CCC(CO)C4CC5)cc3)c2c1. The van der Waals surface area contributed by atoms with Crippen molar-refractivity contribution in [2.24, 2.45) is 23.7 Å². The number of rotatable bonds is 8. The van der Waals surface area contributed by atoms with Gasteiger partial charge in [0.15, 0.2) is 0 Å². The van der Waals surface area contributed by atoms with Crippen LogP contribution in [-0.2, 0) is 15.9 Å². The number of amides is 1. The van der Waals surface area contributed by atoms with Crippen molar-refractivity contribution in [3.63, 3.8) is 0 Å². The molecule has 1 amide bonds. The number of morpholine rings is 1. The zero-order valence-electron chi connectivity index (χ0n) is 25.2. The number of carbonyl (C=O) groups is 1. The lowest BCUT2D eigenvalue weighted by atomic mass is 9.70. The van der Waals surface area contributed by atoms with Gasteiger partial charge >= 0.3 is 0 Å². The summed E-state index contributed by atoms with van der Waals surface area (Å²) in [6, 6.07) is 14.6. The van der Waals surface area contributed by atoms with E-state index in [2.05, 4.69) is 44.7 Å². The summed E-state index contributed by atoms with van der Waals surface area (Å²) in [5.74, 6) is 2.55. The van der Waals surface area contributed by atoms with E-state index in [4.69, 9.17) is 9.47 Å². The van der Waals surface area contributed by atoms with Crippen LogP contribution in [0.15, 0.2) is 42.5 Å². The molecule has 0 spiro atoms. The molecule has 5 fully saturated rings. The molecule has 5 unspecified atom stereocenters. The van der Waals surface area contributed by atoms with Gasteiger partial charge in [0.25, 0.3) is 5.91 Å². The highest BCUT2D eigenvalue weighted by Gasteiger charge is 2.40. The number of aliphatic hydroxyl groups excluding tert-OH is 1. The number of benzene rings is 2. The van der Waals surface area contributed by atoms with Gasteiger partial charge in [-0.1, -0.05) is 37.1 Å². The van der Waals surface area contributed by atoms with E-state index < -0.39 is 0 Å². The van der Waals surface area contributed by atoms with Gasteiger partial charge in [-0.05, 0) is 86.0 Å². The summed E-state index contributed by atoms with van der Waals surface area (Å²) >= 11 is 0. The largest absolute Gasteiger partial charge is 0.396 e. The number of H-pyrrole nitrogens is 1. The average Bonchev–Trinajstić information content (AvgIpc) is 3.29. The van der Waals surface area contributed by atoms with Crippen LogP contribution in [0.5, 0.6) is 0 Å². The van der Waals surface area contributed by atoms with E-state index in [1.54, 1.807) is 0 Å². The van der Waals surface area contributed by atoms with E-state index in [-0.39, 0.29) is 11.4 Å². The lowest BCUT2D eigenvalue weighted by molar-refractivity contribution is -0.0840. The number of ether oxygens (including phenoxy) is 2. The Morgan fingerprint density at radius 1 is 1.02 bits per heavy atom. The number of aliphatic hydroxyl groups is 1. The fourth-order valence-corrected chi connectivity index (χ4v) is 8.59. The molecule has 2 aromatic carbocycles. The van der Waals surface area contributed by atoms with Crippen LogP contribution in [0, 0.1) is 23.7 Å². The van der Waals surface area contributed by atoms with Gasteiger partial charge in [0.2, 0.25) is 0 Å². The quantitative estimate of drug-likeness (QED) is 0.350. The third kappa shape index (κ3) is 5.99. The number of aromatic nitrogens is 2. The number of nitrogens with one attached hydrogen (secondary N) is 2. The summed E-state index contributed by atoms with van der Waals surface area (Å²) in [5, 5.41) is 22.0. The molecule has 0 radical (unpaired) electrons. The predicted molar refractivity (Wildman–Crippen MR) is 167 cm³/mol. The Hall–Kier alpha value is -2.78. The van der Waals surface area contributed by atoms with Crippen LogP contribution in [0.1, 0.15) is 60.9 Å². The van der Waals surface area contributed by atoms with Crippen molar-refractivity contribution in [2.75, 3.05) is 52.7 Å². The van der Waals surface area contributed by atoms with E-state index in [0.29, 0.717) is 43.1 Å². The van der Waals surface area contributed by atoms with E-state index in [1.165, 1.54) is 37.7 Å². The van der Waals surface area contributed by atoms with Crippen LogP contribution >= 0.6 is 0 Å². The third-order valence-electron chi connectivity index (χ3n) is 11.0. The predicted octanol–water partition coefficient (Wildman–Crippen LogP) is 4.82. The van der Waals surface area contributed by atoms with Gasteiger partial charge in [0.05, 0.1) is 36.6 Å². The minimum absolute atomic E-state index is 0.0681. The van der Waals surface area contributed by atoms with Crippen molar-refractivity contribution in [2.45, 2.75) is 56.9 Å². The highest BCUT2D eigenvalue weighted by atomic mass is 16.5. The van der Waals surface area contributed by atoms with Gasteiger partial charge in [0, 0.05) is 49.4 Å². The smallest absolute Gasteiger partial charge is 0.251 e. The molecule has 43 heavy (non-hydrogen) atoms. The standard InChI is InChI=1S/C35H46N4O4/c40-21-28-8-4-25-5-10-30(28)29(19-25)18-24-2-6-26(7-3-24)33-31-20-27(9-11-32(31)37-38-33)34(41)36-22-35(12-1-15-43-23-35)39-13-16-42-17-14-39/h2-3,6-7,9,11,20,25,28-30,40H,1,4-5,8,10,12-19,21-23H2,(H,36,41)(H,37,38). The Kier molecular flexibility index (Phi) is 8.54. The van der Waals surface area contributed by atoms with Gasteiger partial charge in [-0.15, -0.1) is 0 Å². The molecule has 3 heterocycles. The Morgan fingerprint density at radius 2 is 1.86 bits per heavy atom. The zero-order valence-corrected chi connectivity index (χ0v) is 25.2. The van der Waals surface area contributed by atoms with E-state index in [1.807, 2.05) is 18.2 Å². The second-order valence-corrected chi connectivity index (χ2v) is 13.5. The monoisotopic (exact) mass is 586 g/mol. The molecule has 5 atom stereocenters. The molecule has 1 aromatic heterocycles. The van der Waals surface area contributed by atoms with Crippen LogP contribution in [0.3, 0.4) is 0 Å². The average molecular weight is 587 g/mol. The number of hydrogen-bond donors (Lipinski definition) is 3. The fourth-order valence-electron chi connectivity index (χ4n) is 8.59. The lowest BCUT2D eigenvalue weighted by Crippen LogP contribution is -2.62. The van der Waals surface area contributed by atoms with Crippen LogP contribution < -0.4 is 5.32 Å². The number of carbonyl (C=O) groups excluding carboxylic acids is 1. The topological polar surface area (TPSA) is 99.7 Å². The molecule has 8 heteroatoms. The summed E-state index contributed by atoms with van der Waals surface area (Å²) in [6.07, 6.45) is 9.49. The Bertz CT molecular complexity index is 1390. The maximum Gasteiger partial charge on any atom is 0.251 e. The highest BCUT2D eigenvalue weighted by molar-refractivity contribution is 6.01. The molecule has 2 saturated heterocycles. The van der Waals surface area contributed by atoms with E-state index in [0.717, 1.165) is 80.3 Å². The molecule has 5 aliphatic rings. The number of hydrogen-bond acceptors (Lipinski definition) is 6. The zero-order chi connectivity index (χ0) is 29.2. The first-order valence-corrected chi connectivity index (χ1v) is 16.5. The maximum absolute atomic E-state index is 13.4. The molecule has 3 N–H and O–H groups in total. The van der Waals surface area contributed by atoms with E-state index >= 15 is 0 Å². The normalized spacial score (nSPS) is 29.9. The first-order chi connectivity index (χ1) is 21.1. The summed E-state index contributed by atoms with van der Waals surface area (Å²) in [5.41, 5.74) is 4.66. The first kappa shape index (κ1) is 29.0. The van der Waals surface area contributed by atoms with Crippen LogP contribution in [0.2, 0.25) is 0 Å². The van der Waals surface area contributed by atoms with Crippen molar-refractivity contribution in [3.05, 3.63) is 53.6 Å². The summed E-state index contributed by atoms with van der Waals surface area (Å²) in [4.78, 5) is 15.9. The first-order valence-electron chi connectivity index (χ1n) is 16.5. The Balaban J connectivity index is 1.05. The summed E-state index contributed by atoms with van der Waals surface area (Å²) < 4.78 is 11.5. The molecule has 3 aliphatic carbocycles. The van der Waals surface area contributed by atoms with Crippen molar-refractivity contribution in [3.8, 4) is 11.3 Å². The van der Waals surface area contributed by atoms with Gasteiger partial charge in [-0.3, -0.25) is 14.8 Å². The van der Waals surface area contributed by atoms with Gasteiger partial charge < -0.3 is 19.9 Å². The third-order valence-corrected chi connectivity index (χ3v) is 11.0. The number of nitrogens with zero attached hydrogens (tertiary/aromatic N) is 2. The van der Waals surface area contributed by atoms with Crippen molar-refractivity contribution in [1.29, 1.82) is 0 Å². The molecule has 3 saturated carbocycles. The van der Waals surface area contributed by atoms with Crippen molar-refractivity contribution >= 4 is 16.8 Å². The van der Waals surface area contributed by atoms with Crippen LogP contribution in [0.4, 0.5) is 0 Å². The maximum atomic E-state index is 13.4. The molecule has 230 valence electrons. The Morgan fingerprint density at radius 3 is 2.65 bits per heavy atom. The number of fused-ring (bicyclic) bond motifs is 5. The highest BCUT2D eigenvalue weighted by Crippen LogP contribution is 2.47. The Labute approximate surface area is 254 Å². The molecule has 2 aliphatic heterocycles. The van der Waals surface area contributed by atoms with Crippen LogP contribution in [-0.4, -0.2) is 84.3 Å². The molecule has 3 aromatic rings. The second kappa shape index (κ2) is 12.7. The molecule has 8 nitrogen and oxygen atoms in total. The van der Waals surface area contributed by atoms with Gasteiger partial charge in [-0.25, -0.2) is 0 Å². The minimum Gasteiger partial charge on any atom is -0.396 e. The van der Waals surface area contributed by atoms with Crippen molar-refractivity contribution in [1.82, 2.24) is 20.4 Å². The fraction of sp³-hybridized carbons (Fsp3) is 0.600. The van der Waals surface area contributed by atoms with Crippen molar-refractivity contribution < 1.29 is 19.4 Å². The van der Waals surface area contributed by atoms with Gasteiger partial charge in [0.1, 0.15) is 0 Å². The number of aromatic amines is 1. The minimum atomic E-state index is -0.181. The second-order valence-electron chi connectivity index (χ2n) is 13.5. The van der Waals surface area contributed by atoms with Gasteiger partial charge in [-0.2, -0.15) is 5.10 Å². The summed E-state index contributed by atoms with van der Waals surface area (Å²) in [6.45, 7) is 5.50. The van der Waals surface area contributed by atoms with Crippen LogP contribution in [0.25, 0.3) is 22.2 Å². The molecular weight excluding hydrogens is 540 g/mol. The molecule has 2 bridgehead atoms. The summed E-state index contributed by atoms with van der Waals surface area (Å²) in [7, 11) is 0. The van der Waals surface area contributed by atoms with E-state index in [9.17, 15) is 9.90 Å². The molecular formula is C35H46N4O4. The molecule has 8 rings (SSSR count). The lowest BCUT2D eigenvalue weighted by Gasteiger charge is -2.47.